The van der Waals surface area contributed by atoms with Crippen LogP contribution in [0.2, 0.25) is 0 Å². The van der Waals surface area contributed by atoms with Crippen LogP contribution in [-0.2, 0) is 9.84 Å². The maximum absolute atomic E-state index is 11.4. The first-order valence-corrected chi connectivity index (χ1v) is 8.02. The number of sulfone groups is 1. The summed E-state index contributed by atoms with van der Waals surface area (Å²) >= 11 is 0. The lowest BCUT2D eigenvalue weighted by Gasteiger charge is -2.20. The van der Waals surface area contributed by atoms with Gasteiger partial charge in [0.2, 0.25) is 0 Å². The van der Waals surface area contributed by atoms with E-state index in [-0.39, 0.29) is 17.5 Å². The zero-order chi connectivity index (χ0) is 14.2. The van der Waals surface area contributed by atoms with Gasteiger partial charge in [0, 0.05) is 11.6 Å². The molecule has 3 atom stereocenters. The van der Waals surface area contributed by atoms with E-state index in [9.17, 15) is 13.5 Å². The Morgan fingerprint density at radius 2 is 2.11 bits per heavy atom. The van der Waals surface area contributed by atoms with Crippen molar-refractivity contribution in [1.82, 2.24) is 0 Å². The van der Waals surface area contributed by atoms with Crippen molar-refractivity contribution in [2.75, 3.05) is 11.5 Å². The summed E-state index contributed by atoms with van der Waals surface area (Å²) in [6.45, 7) is 3.79. The van der Waals surface area contributed by atoms with E-state index in [4.69, 9.17) is 10.5 Å². The van der Waals surface area contributed by atoms with E-state index >= 15 is 0 Å². The van der Waals surface area contributed by atoms with Gasteiger partial charge in [-0.1, -0.05) is 17.7 Å². The van der Waals surface area contributed by atoms with Gasteiger partial charge < -0.3 is 15.6 Å². The Hall–Kier alpha value is -1.11. The summed E-state index contributed by atoms with van der Waals surface area (Å²) in [6, 6.07) is 5.34. The van der Waals surface area contributed by atoms with Crippen LogP contribution >= 0.6 is 0 Å². The second-order valence-electron chi connectivity index (χ2n) is 5.13. The van der Waals surface area contributed by atoms with Gasteiger partial charge in [-0.15, -0.1) is 0 Å². The minimum absolute atomic E-state index is 0.152. The van der Waals surface area contributed by atoms with Crippen LogP contribution in [0.25, 0.3) is 0 Å². The Morgan fingerprint density at radius 1 is 1.42 bits per heavy atom. The first-order valence-electron chi connectivity index (χ1n) is 6.20. The molecule has 3 unspecified atom stereocenters. The van der Waals surface area contributed by atoms with Gasteiger partial charge in [-0.3, -0.25) is 0 Å². The van der Waals surface area contributed by atoms with Gasteiger partial charge in [-0.05, 0) is 19.9 Å². The number of rotatable bonds is 3. The van der Waals surface area contributed by atoms with E-state index in [0.717, 1.165) is 11.1 Å². The number of hydrogen-bond donors (Lipinski definition) is 2. The normalized spacial score (nSPS) is 27.2. The molecule has 0 amide bonds. The summed E-state index contributed by atoms with van der Waals surface area (Å²) in [7, 11) is -3.21. The molecule has 19 heavy (non-hydrogen) atoms. The fourth-order valence-electron chi connectivity index (χ4n) is 2.20. The standard InChI is InChI=1S/C13H19NO4S/c1-8-3-4-12(10(5-8)9(2)14)18-13-7-19(16,17)6-11(13)15/h3-5,9,11,13,15H,6-7,14H2,1-2H3. The van der Waals surface area contributed by atoms with E-state index < -0.39 is 22.0 Å². The molecule has 3 N–H and O–H groups in total. The third kappa shape index (κ3) is 3.26. The molecule has 1 aromatic carbocycles. The summed E-state index contributed by atoms with van der Waals surface area (Å²) in [6.07, 6.45) is -1.70. The number of benzene rings is 1. The maximum Gasteiger partial charge on any atom is 0.156 e. The lowest BCUT2D eigenvalue weighted by Crippen LogP contribution is -2.30. The van der Waals surface area contributed by atoms with Gasteiger partial charge in [0.25, 0.3) is 0 Å². The third-order valence-electron chi connectivity index (χ3n) is 3.21. The molecule has 0 radical (unpaired) electrons. The van der Waals surface area contributed by atoms with Gasteiger partial charge in [-0.2, -0.15) is 0 Å². The van der Waals surface area contributed by atoms with Gasteiger partial charge in [0.05, 0.1) is 11.5 Å². The minimum atomic E-state index is -3.21. The van der Waals surface area contributed by atoms with Gasteiger partial charge in [0.15, 0.2) is 9.84 Å². The lowest BCUT2D eigenvalue weighted by molar-refractivity contribution is 0.0729. The van der Waals surface area contributed by atoms with E-state index in [2.05, 4.69) is 0 Å². The van der Waals surface area contributed by atoms with Gasteiger partial charge in [0.1, 0.15) is 18.0 Å². The molecule has 0 aromatic heterocycles. The number of hydrogen-bond acceptors (Lipinski definition) is 5. The molecule has 0 saturated carbocycles. The predicted octanol–water partition coefficient (Wildman–Crippen LogP) is 0.551. The molecule has 2 rings (SSSR count). The number of aryl methyl sites for hydroxylation is 1. The zero-order valence-electron chi connectivity index (χ0n) is 11.0. The van der Waals surface area contributed by atoms with Crippen LogP contribution in [0.3, 0.4) is 0 Å². The van der Waals surface area contributed by atoms with Crippen molar-refractivity contribution in [1.29, 1.82) is 0 Å². The number of aliphatic hydroxyl groups is 1. The van der Waals surface area contributed by atoms with Crippen molar-refractivity contribution < 1.29 is 18.3 Å². The van der Waals surface area contributed by atoms with Crippen molar-refractivity contribution in [3.05, 3.63) is 29.3 Å². The average molecular weight is 285 g/mol. The molecule has 6 heteroatoms. The predicted molar refractivity (Wildman–Crippen MR) is 72.9 cm³/mol. The Labute approximate surface area is 113 Å². The first-order chi connectivity index (χ1) is 8.78. The van der Waals surface area contributed by atoms with E-state index in [1.54, 1.807) is 6.07 Å². The van der Waals surface area contributed by atoms with Crippen LogP contribution in [0.4, 0.5) is 0 Å². The second kappa shape index (κ2) is 5.11. The topological polar surface area (TPSA) is 89.6 Å². The molecule has 1 aliphatic heterocycles. The summed E-state index contributed by atoms with van der Waals surface area (Å²) in [5, 5.41) is 9.73. The highest BCUT2D eigenvalue weighted by Crippen LogP contribution is 2.28. The van der Waals surface area contributed by atoms with Crippen molar-refractivity contribution >= 4 is 9.84 Å². The van der Waals surface area contributed by atoms with Crippen LogP contribution in [0, 0.1) is 6.92 Å². The fourth-order valence-corrected chi connectivity index (χ4v) is 3.87. The molecule has 0 bridgehead atoms. The summed E-state index contributed by atoms with van der Waals surface area (Å²) < 4.78 is 28.6. The summed E-state index contributed by atoms with van der Waals surface area (Å²) in [5.41, 5.74) is 7.76. The highest BCUT2D eigenvalue weighted by atomic mass is 32.2. The van der Waals surface area contributed by atoms with Crippen LogP contribution in [-0.4, -0.2) is 37.2 Å². The molecule has 0 spiro atoms. The molecule has 1 heterocycles. The molecule has 1 aromatic rings. The molecule has 106 valence electrons. The van der Waals surface area contributed by atoms with Crippen LogP contribution in [0.15, 0.2) is 18.2 Å². The van der Waals surface area contributed by atoms with Crippen LogP contribution in [0.1, 0.15) is 24.1 Å². The molecular formula is C13H19NO4S. The Morgan fingerprint density at radius 3 is 2.63 bits per heavy atom. The largest absolute Gasteiger partial charge is 0.486 e. The van der Waals surface area contributed by atoms with E-state index in [0.29, 0.717) is 5.75 Å². The maximum atomic E-state index is 11.4. The number of nitrogens with two attached hydrogens (primary N) is 1. The summed E-state index contributed by atoms with van der Waals surface area (Å²) in [4.78, 5) is 0. The smallest absolute Gasteiger partial charge is 0.156 e. The van der Waals surface area contributed by atoms with Crippen molar-refractivity contribution in [3.8, 4) is 5.75 Å². The van der Waals surface area contributed by atoms with Crippen molar-refractivity contribution in [3.63, 3.8) is 0 Å². The second-order valence-corrected chi connectivity index (χ2v) is 7.28. The highest BCUT2D eigenvalue weighted by Gasteiger charge is 2.38. The molecule has 5 nitrogen and oxygen atoms in total. The fraction of sp³-hybridized carbons (Fsp3) is 0.538. The first kappa shape index (κ1) is 14.3. The molecule has 0 aliphatic carbocycles. The highest BCUT2D eigenvalue weighted by molar-refractivity contribution is 7.91. The quantitative estimate of drug-likeness (QED) is 0.846. The SMILES string of the molecule is Cc1ccc(OC2CS(=O)(=O)CC2O)c(C(C)N)c1. The third-order valence-corrected chi connectivity index (χ3v) is 4.89. The molecule has 1 fully saturated rings. The van der Waals surface area contributed by atoms with E-state index in [1.807, 2.05) is 26.0 Å². The van der Waals surface area contributed by atoms with Crippen LogP contribution < -0.4 is 10.5 Å². The lowest BCUT2D eigenvalue weighted by atomic mass is 10.0. The number of aliphatic hydroxyl groups excluding tert-OH is 1. The zero-order valence-corrected chi connectivity index (χ0v) is 11.9. The van der Waals surface area contributed by atoms with Crippen molar-refractivity contribution in [2.45, 2.75) is 32.1 Å². The number of ether oxygens (including phenoxy) is 1. The van der Waals surface area contributed by atoms with Gasteiger partial charge in [-0.25, -0.2) is 8.42 Å². The average Bonchev–Trinajstić information content (AvgIpc) is 2.54. The van der Waals surface area contributed by atoms with E-state index in [1.165, 1.54) is 0 Å². The molecular weight excluding hydrogens is 266 g/mol. The molecule has 1 saturated heterocycles. The minimum Gasteiger partial charge on any atom is -0.486 e. The van der Waals surface area contributed by atoms with Gasteiger partial charge >= 0.3 is 0 Å². The Kier molecular flexibility index (Phi) is 3.85. The van der Waals surface area contributed by atoms with Crippen molar-refractivity contribution in [2.24, 2.45) is 5.73 Å². The summed E-state index contributed by atoms with van der Waals surface area (Å²) in [5.74, 6) is 0.152. The Balaban J connectivity index is 2.25. The Bertz CT molecular complexity index is 568. The van der Waals surface area contributed by atoms with Crippen LogP contribution in [0.5, 0.6) is 5.75 Å². The molecule has 1 aliphatic rings. The monoisotopic (exact) mass is 285 g/mol.